The minimum atomic E-state index is -0.547. The van der Waals surface area contributed by atoms with Crippen molar-refractivity contribution in [2.75, 3.05) is 10.6 Å². The predicted octanol–water partition coefficient (Wildman–Crippen LogP) is 5.88. The Bertz CT molecular complexity index is 1340. The molecule has 0 spiro atoms. The standard InChI is InChI=1S/C25H19F2N3O3S/c1-15(31)28-18-10-11-19(21(27)12-18)22-14-34-25(29-22)30-24(32)20-4-2-3-5-23(20)33-13-16-6-8-17(26)9-7-16/h2-12,14H,13H2,1H3,(H,28,31)(H,29,30,32). The SMILES string of the molecule is CC(=O)Nc1ccc(-c2csc(NC(=O)c3ccccc3OCc3ccc(F)cc3)n2)c(F)c1. The summed E-state index contributed by atoms with van der Waals surface area (Å²) in [7, 11) is 0. The van der Waals surface area contributed by atoms with Crippen molar-refractivity contribution >= 4 is 34.0 Å². The van der Waals surface area contributed by atoms with Crippen molar-refractivity contribution in [1.29, 1.82) is 0 Å². The Hall–Kier alpha value is -4.11. The maximum atomic E-state index is 14.5. The molecule has 0 aliphatic carbocycles. The Morgan fingerprint density at radius 2 is 1.76 bits per heavy atom. The van der Waals surface area contributed by atoms with Gasteiger partial charge in [-0.3, -0.25) is 14.9 Å². The lowest BCUT2D eigenvalue weighted by Gasteiger charge is -2.11. The molecule has 0 bridgehead atoms. The molecule has 0 atom stereocenters. The molecule has 6 nitrogen and oxygen atoms in total. The number of para-hydroxylation sites is 1. The number of nitrogens with zero attached hydrogens (tertiary/aromatic N) is 1. The van der Waals surface area contributed by atoms with Crippen LogP contribution in [0.3, 0.4) is 0 Å². The lowest BCUT2D eigenvalue weighted by molar-refractivity contribution is -0.114. The summed E-state index contributed by atoms with van der Waals surface area (Å²) in [6.07, 6.45) is 0. The smallest absolute Gasteiger partial charge is 0.261 e. The molecular weight excluding hydrogens is 460 g/mol. The average molecular weight is 480 g/mol. The number of aromatic nitrogens is 1. The first kappa shape index (κ1) is 23.1. The van der Waals surface area contributed by atoms with Crippen LogP contribution in [0.5, 0.6) is 5.75 Å². The number of ether oxygens (including phenoxy) is 1. The second-order valence-corrected chi connectivity index (χ2v) is 8.14. The van der Waals surface area contributed by atoms with E-state index in [4.69, 9.17) is 4.74 Å². The molecule has 2 amide bonds. The van der Waals surface area contributed by atoms with E-state index >= 15 is 0 Å². The molecule has 4 rings (SSSR count). The molecule has 1 heterocycles. The van der Waals surface area contributed by atoms with Gasteiger partial charge in [0.05, 0.1) is 11.3 Å². The summed E-state index contributed by atoms with van der Waals surface area (Å²) in [6.45, 7) is 1.51. The highest BCUT2D eigenvalue weighted by molar-refractivity contribution is 7.14. The fraction of sp³-hybridized carbons (Fsp3) is 0.0800. The topological polar surface area (TPSA) is 80.3 Å². The van der Waals surface area contributed by atoms with Crippen molar-refractivity contribution in [2.24, 2.45) is 0 Å². The minimum Gasteiger partial charge on any atom is -0.488 e. The Kier molecular flexibility index (Phi) is 6.93. The summed E-state index contributed by atoms with van der Waals surface area (Å²) < 4.78 is 33.4. The highest BCUT2D eigenvalue weighted by atomic mass is 32.1. The third-order valence-electron chi connectivity index (χ3n) is 4.73. The van der Waals surface area contributed by atoms with Crippen molar-refractivity contribution in [3.63, 3.8) is 0 Å². The van der Waals surface area contributed by atoms with Crippen LogP contribution in [0.2, 0.25) is 0 Å². The summed E-state index contributed by atoms with van der Waals surface area (Å²) in [5.74, 6) is -1.26. The van der Waals surface area contributed by atoms with Crippen LogP contribution in [0.4, 0.5) is 19.6 Å². The zero-order valence-corrected chi connectivity index (χ0v) is 18.8. The molecule has 3 aromatic carbocycles. The first-order valence-electron chi connectivity index (χ1n) is 10.2. The van der Waals surface area contributed by atoms with Gasteiger partial charge in [-0.15, -0.1) is 11.3 Å². The zero-order valence-electron chi connectivity index (χ0n) is 18.0. The number of amides is 2. The molecule has 34 heavy (non-hydrogen) atoms. The monoisotopic (exact) mass is 479 g/mol. The Morgan fingerprint density at radius 1 is 1.00 bits per heavy atom. The lowest BCUT2D eigenvalue weighted by Crippen LogP contribution is -2.13. The number of carbonyl (C=O) groups is 2. The normalized spacial score (nSPS) is 10.6. The summed E-state index contributed by atoms with van der Waals surface area (Å²) in [5.41, 5.74) is 2.00. The van der Waals surface area contributed by atoms with Crippen LogP contribution in [0.1, 0.15) is 22.8 Å². The van der Waals surface area contributed by atoms with Crippen LogP contribution >= 0.6 is 11.3 Å². The van der Waals surface area contributed by atoms with E-state index in [0.717, 1.165) is 16.9 Å². The van der Waals surface area contributed by atoms with Crippen LogP contribution in [-0.4, -0.2) is 16.8 Å². The van der Waals surface area contributed by atoms with Gasteiger partial charge in [0, 0.05) is 23.6 Å². The van der Waals surface area contributed by atoms with Crippen LogP contribution in [0.15, 0.2) is 72.1 Å². The largest absolute Gasteiger partial charge is 0.488 e. The summed E-state index contributed by atoms with van der Waals surface area (Å²) >= 11 is 1.15. The van der Waals surface area contributed by atoms with Gasteiger partial charge in [-0.05, 0) is 48.0 Å². The van der Waals surface area contributed by atoms with Gasteiger partial charge < -0.3 is 10.1 Å². The van der Waals surface area contributed by atoms with E-state index in [1.54, 1.807) is 47.8 Å². The number of hydrogen-bond donors (Lipinski definition) is 2. The second kappa shape index (κ2) is 10.2. The van der Waals surface area contributed by atoms with Gasteiger partial charge in [0.1, 0.15) is 24.0 Å². The highest BCUT2D eigenvalue weighted by Gasteiger charge is 2.16. The number of carbonyl (C=O) groups excluding carboxylic acids is 2. The Morgan fingerprint density at radius 3 is 2.50 bits per heavy atom. The highest BCUT2D eigenvalue weighted by Crippen LogP contribution is 2.29. The van der Waals surface area contributed by atoms with Crippen molar-refractivity contribution in [3.05, 3.63) is 94.9 Å². The number of nitrogens with one attached hydrogen (secondary N) is 2. The summed E-state index contributed by atoms with van der Waals surface area (Å²) in [4.78, 5) is 28.3. The van der Waals surface area contributed by atoms with Crippen molar-refractivity contribution in [2.45, 2.75) is 13.5 Å². The quantitative estimate of drug-likeness (QED) is 0.347. The van der Waals surface area contributed by atoms with Gasteiger partial charge in [0.25, 0.3) is 5.91 Å². The van der Waals surface area contributed by atoms with Crippen LogP contribution in [0.25, 0.3) is 11.3 Å². The van der Waals surface area contributed by atoms with Gasteiger partial charge in [0.2, 0.25) is 5.91 Å². The van der Waals surface area contributed by atoms with Gasteiger partial charge in [-0.2, -0.15) is 0 Å². The Labute approximate surface area is 198 Å². The molecule has 2 N–H and O–H groups in total. The van der Waals surface area contributed by atoms with Crippen molar-refractivity contribution < 1.29 is 23.1 Å². The number of benzene rings is 3. The maximum absolute atomic E-state index is 14.5. The summed E-state index contributed by atoms with van der Waals surface area (Å²) in [6, 6.07) is 16.9. The van der Waals surface area contributed by atoms with Gasteiger partial charge in [-0.25, -0.2) is 13.8 Å². The fourth-order valence-corrected chi connectivity index (χ4v) is 3.85. The molecule has 4 aromatic rings. The molecule has 1 aromatic heterocycles. The first-order chi connectivity index (χ1) is 16.4. The van der Waals surface area contributed by atoms with E-state index in [1.807, 2.05) is 0 Å². The molecule has 0 fully saturated rings. The molecule has 172 valence electrons. The fourth-order valence-electron chi connectivity index (χ4n) is 3.14. The predicted molar refractivity (Wildman–Crippen MR) is 127 cm³/mol. The molecule has 0 unspecified atom stereocenters. The first-order valence-corrected chi connectivity index (χ1v) is 11.1. The number of hydrogen-bond acceptors (Lipinski definition) is 5. The minimum absolute atomic E-state index is 0.166. The number of rotatable bonds is 7. The average Bonchev–Trinajstić information content (AvgIpc) is 3.26. The third-order valence-corrected chi connectivity index (χ3v) is 5.49. The lowest BCUT2D eigenvalue weighted by atomic mass is 10.1. The molecular formula is C25H19F2N3O3S. The molecule has 9 heteroatoms. The van der Waals surface area contributed by atoms with Crippen LogP contribution in [-0.2, 0) is 11.4 Å². The van der Waals surface area contributed by atoms with Gasteiger partial charge in [0.15, 0.2) is 5.13 Å². The number of anilines is 2. The molecule has 0 saturated heterocycles. The molecule has 0 radical (unpaired) electrons. The molecule has 0 aliphatic heterocycles. The van der Waals surface area contributed by atoms with Crippen LogP contribution in [0, 0.1) is 11.6 Å². The van der Waals surface area contributed by atoms with Crippen LogP contribution < -0.4 is 15.4 Å². The van der Waals surface area contributed by atoms with Gasteiger partial charge >= 0.3 is 0 Å². The third kappa shape index (κ3) is 5.62. The second-order valence-electron chi connectivity index (χ2n) is 7.28. The van der Waals surface area contributed by atoms with E-state index in [2.05, 4.69) is 15.6 Å². The van der Waals surface area contributed by atoms with Crippen molar-refractivity contribution in [1.82, 2.24) is 4.98 Å². The molecule has 0 saturated carbocycles. The maximum Gasteiger partial charge on any atom is 0.261 e. The summed E-state index contributed by atoms with van der Waals surface area (Å²) in [5, 5.41) is 7.15. The Balaban J connectivity index is 1.46. The molecule has 0 aliphatic rings. The van der Waals surface area contributed by atoms with E-state index in [-0.39, 0.29) is 23.9 Å². The zero-order chi connectivity index (χ0) is 24.1. The number of thiazole rings is 1. The van der Waals surface area contributed by atoms with E-state index in [9.17, 15) is 18.4 Å². The van der Waals surface area contributed by atoms with Gasteiger partial charge in [-0.1, -0.05) is 24.3 Å². The van der Waals surface area contributed by atoms with E-state index in [1.165, 1.54) is 31.2 Å². The van der Waals surface area contributed by atoms with E-state index < -0.39 is 11.7 Å². The van der Waals surface area contributed by atoms with Crippen molar-refractivity contribution in [3.8, 4) is 17.0 Å². The number of halogens is 2. The van der Waals surface area contributed by atoms with E-state index in [0.29, 0.717) is 27.8 Å².